The van der Waals surface area contributed by atoms with Crippen molar-refractivity contribution in [1.29, 1.82) is 0 Å². The minimum atomic E-state index is -1.30. The van der Waals surface area contributed by atoms with Crippen LogP contribution >= 0.6 is 186 Å². The van der Waals surface area contributed by atoms with Crippen LogP contribution in [0.25, 0.3) is 0 Å². The van der Waals surface area contributed by atoms with E-state index in [1.54, 1.807) is 6.08 Å². The highest BCUT2D eigenvalue weighted by atomic mass is 33.3. The van der Waals surface area contributed by atoms with Gasteiger partial charge in [-0.15, -0.1) is 105 Å². The maximum Gasteiger partial charge on any atom is 0.508 e. The van der Waals surface area contributed by atoms with Gasteiger partial charge in [0, 0.05) is 19.9 Å². The standard InChI is InChI=1S/C22H57O7P23/c1-7-8-9-16(27-20(25)26-6)22(5)11-15(29-44(45(32)33)50(42-30)46(34)35)17-12(2)14(10-13(21(17,3)4)18(23)19(22)24)28-43(31)51(47(36)37)52(48(38)39)49(40)41/h7,13-16,18,23,42H,1,8-11,30-41H2,2-6H3/t13?,14-,15+,16-,18+,22+,43?,44?,50?,51?/m0/s1. The summed E-state index contributed by atoms with van der Waals surface area (Å²) in [6, 6.07) is 0. The minimum absolute atomic E-state index is 0.258. The van der Waals surface area contributed by atoms with Crippen molar-refractivity contribution in [3.8, 4) is 0 Å². The first-order valence-corrected chi connectivity index (χ1v) is 55.7. The Kier molecular flexibility index (Phi) is 28.6. The molecule has 0 radical (unpaired) electrons. The molecule has 52 heavy (non-hydrogen) atoms. The molecular weight excluding hydrogens is 1090 g/mol. The molecule has 0 aliphatic heterocycles. The molecule has 2 aliphatic rings. The number of Topliss-reactive ketones (excluding diaryl/α,β-unsaturated/α-hetero) is 1. The molecule has 7 nitrogen and oxygen atoms in total. The number of hydrogen-bond acceptors (Lipinski definition) is 7. The molecule has 2 aliphatic carbocycles. The van der Waals surface area contributed by atoms with Crippen LogP contribution < -0.4 is 0 Å². The van der Waals surface area contributed by atoms with Crippen LogP contribution in [0.4, 0.5) is 4.79 Å². The first-order valence-electron chi connectivity index (χ1n) is 15.3. The zero-order valence-electron chi connectivity index (χ0n) is 29.8. The summed E-state index contributed by atoms with van der Waals surface area (Å²) < 4.78 is 25.6. The number of hydrogen-bond donors (Lipinski definition) is 1. The van der Waals surface area contributed by atoms with Crippen molar-refractivity contribution < 1.29 is 33.2 Å². The number of aliphatic hydroxyl groups excluding tert-OH is 1. The van der Waals surface area contributed by atoms with Gasteiger partial charge in [-0.05, 0) is 98.0 Å². The SMILES string of the molecule is C=CCC[C@H](OC(=O)OC)[C@@]1(C)C[C@@H](OP(P(P)P)P(PP)P(P)P)C2=C(C)[C@@H](OP(P)P(P(P)P)P(P(P)P)P(P)P)CC([C@@H](O)C1=O)C2(C)C. The van der Waals surface area contributed by atoms with Gasteiger partial charge in [-0.25, -0.2) is 4.79 Å². The molecule has 30 heteroatoms. The average Bonchev–Trinajstić information content (AvgIpc) is 3.03. The molecule has 1 saturated carbocycles. The molecule has 0 aromatic heterocycles. The first-order chi connectivity index (χ1) is 24.0. The van der Waals surface area contributed by atoms with Crippen LogP contribution in [0.5, 0.6) is 0 Å². The Morgan fingerprint density at radius 2 is 1.50 bits per heavy atom. The molecule has 0 amide bonds. The quantitative estimate of drug-likeness (QED) is 0.0830. The number of allylic oxidation sites excluding steroid dienone is 1. The Bertz CT molecular complexity index is 1230. The van der Waals surface area contributed by atoms with Crippen LogP contribution in [0.1, 0.15) is 53.4 Å². The van der Waals surface area contributed by atoms with E-state index in [4.69, 9.17) is 18.5 Å². The Morgan fingerprint density at radius 1 is 0.942 bits per heavy atom. The summed E-state index contributed by atoms with van der Waals surface area (Å²) in [6.45, 7) is 9.03. The summed E-state index contributed by atoms with van der Waals surface area (Å²) in [7, 11) is 37.0. The molecule has 18 unspecified atom stereocenters. The maximum atomic E-state index is 15.0. The van der Waals surface area contributed by atoms with Crippen molar-refractivity contribution in [3.05, 3.63) is 23.8 Å². The monoisotopic (exact) mass is 1150 g/mol. The maximum absolute atomic E-state index is 15.0. The summed E-state index contributed by atoms with van der Waals surface area (Å²) in [5, 5.41) is 12.3. The van der Waals surface area contributed by atoms with E-state index >= 15 is 0 Å². The average molecular weight is 1150 g/mol. The zero-order chi connectivity index (χ0) is 40.0. The second-order valence-electron chi connectivity index (χ2n) is 12.6. The number of carbonyl (C=O) groups is 2. The van der Waals surface area contributed by atoms with E-state index in [9.17, 15) is 14.7 Å². The van der Waals surface area contributed by atoms with Crippen LogP contribution in [0.15, 0.2) is 23.8 Å². The lowest BCUT2D eigenvalue weighted by atomic mass is 9.55. The van der Waals surface area contributed by atoms with Gasteiger partial charge in [-0.2, -0.15) is 0 Å². The predicted octanol–water partition coefficient (Wildman–Crippen LogP) is 16.6. The smallest absolute Gasteiger partial charge is 0.438 e. The summed E-state index contributed by atoms with van der Waals surface area (Å²) in [5.41, 5.74) is 0.434. The second-order valence-corrected chi connectivity index (χ2v) is 95.4. The zero-order valence-corrected chi connectivity index (χ0v) is 53.6. The second kappa shape index (κ2) is 26.4. The van der Waals surface area contributed by atoms with Crippen molar-refractivity contribution in [2.75, 3.05) is 7.11 Å². The summed E-state index contributed by atoms with van der Waals surface area (Å²) in [6.07, 6.45) is -0.292. The Labute approximate surface area is 353 Å². The lowest BCUT2D eigenvalue weighted by molar-refractivity contribution is -0.156. The largest absolute Gasteiger partial charge is 0.508 e. The summed E-state index contributed by atoms with van der Waals surface area (Å²) in [5.74, 6) is -0.758. The van der Waals surface area contributed by atoms with Crippen LogP contribution in [0, 0.1) is 16.7 Å². The third-order valence-corrected chi connectivity index (χ3v) is 130. The highest BCUT2D eigenvalue weighted by Gasteiger charge is 2.58. The van der Waals surface area contributed by atoms with Gasteiger partial charge >= 0.3 is 6.16 Å². The van der Waals surface area contributed by atoms with Gasteiger partial charge in [-0.1, -0.05) is 36.8 Å². The molecular formula is C22H57O7P23. The predicted molar refractivity (Wildman–Crippen MR) is 299 cm³/mol. The van der Waals surface area contributed by atoms with Crippen molar-refractivity contribution in [2.24, 2.45) is 16.7 Å². The van der Waals surface area contributed by atoms with Crippen molar-refractivity contribution in [2.45, 2.75) is 77.8 Å². The molecule has 0 spiro atoms. The van der Waals surface area contributed by atoms with Crippen molar-refractivity contribution in [3.63, 3.8) is 0 Å². The molecule has 2 bridgehead atoms. The molecule has 2 rings (SSSR count). The fourth-order valence-corrected chi connectivity index (χ4v) is 203. The molecule has 1 fully saturated rings. The third kappa shape index (κ3) is 14.9. The fraction of sp³-hybridized carbons (Fsp3) is 0.727. The van der Waals surface area contributed by atoms with Gasteiger partial charge < -0.3 is 23.6 Å². The van der Waals surface area contributed by atoms with Crippen molar-refractivity contribution in [1.82, 2.24) is 0 Å². The molecule has 0 aromatic rings. The van der Waals surface area contributed by atoms with Crippen LogP contribution in [-0.2, 0) is 23.3 Å². The normalized spacial score (nSPS) is 28.5. The third-order valence-electron chi connectivity index (χ3n) is 9.00. The highest BCUT2D eigenvalue weighted by molar-refractivity contribution is 9.25. The summed E-state index contributed by atoms with van der Waals surface area (Å²) >= 11 is 0. The van der Waals surface area contributed by atoms with Crippen LogP contribution in [-0.4, -0.2) is 48.6 Å². The van der Waals surface area contributed by atoms with Gasteiger partial charge in [0.2, 0.25) is 0 Å². The van der Waals surface area contributed by atoms with E-state index in [0.29, 0.717) is 27.2 Å². The number of methoxy groups -OCH3 is 1. The van der Waals surface area contributed by atoms with Gasteiger partial charge in [0.1, 0.15) is 12.2 Å². The number of ether oxygens (including phenoxy) is 2. The molecule has 0 heterocycles. The van der Waals surface area contributed by atoms with Gasteiger partial charge in [-0.3, -0.25) is 4.79 Å². The Morgan fingerprint density at radius 3 is 1.94 bits per heavy atom. The van der Waals surface area contributed by atoms with E-state index in [-0.39, 0.29) is 39.3 Å². The number of carbonyl (C=O) groups excluding carboxylic acids is 2. The van der Waals surface area contributed by atoms with E-state index in [0.717, 1.165) is 11.1 Å². The minimum Gasteiger partial charge on any atom is -0.438 e. The summed E-state index contributed by atoms with van der Waals surface area (Å²) in [4.78, 5) is 27.7. The Hall–Kier alpha value is 8.19. The molecule has 0 saturated heterocycles. The van der Waals surface area contributed by atoms with E-state index in [1.807, 2.05) is 6.92 Å². The first kappa shape index (κ1) is 56.3. The van der Waals surface area contributed by atoms with Crippen LogP contribution in [0.3, 0.4) is 0 Å². The van der Waals surface area contributed by atoms with Crippen LogP contribution in [0.2, 0.25) is 0 Å². The lowest BCUT2D eigenvalue weighted by Gasteiger charge is -2.54. The van der Waals surface area contributed by atoms with Crippen molar-refractivity contribution >= 4 is 198 Å². The van der Waals surface area contributed by atoms with Gasteiger partial charge in [0.15, 0.2) is 5.78 Å². The molecule has 302 valence electrons. The number of rotatable bonds is 18. The molecule has 23 atom stereocenters. The Balaban J connectivity index is 2.92. The fourth-order valence-electron chi connectivity index (χ4n) is 6.59. The lowest BCUT2D eigenvalue weighted by Crippen LogP contribution is -2.58. The van der Waals surface area contributed by atoms with E-state index in [1.165, 1.54) is 7.11 Å². The molecule has 1 N–H and O–H groups in total. The number of fused-ring (bicyclic) bond motifs is 2. The van der Waals surface area contributed by atoms with E-state index < -0.39 is 91.2 Å². The molecule has 0 aromatic carbocycles. The van der Waals surface area contributed by atoms with E-state index in [2.05, 4.69) is 134 Å². The number of ketones is 1. The number of aliphatic hydroxyl groups is 1. The highest BCUT2D eigenvalue weighted by Crippen LogP contribution is 3.21. The van der Waals surface area contributed by atoms with Gasteiger partial charge in [0.25, 0.3) is 0 Å². The topological polar surface area (TPSA) is 91.3 Å². The van der Waals surface area contributed by atoms with Gasteiger partial charge in [0.05, 0.1) is 39.8 Å².